The highest BCUT2D eigenvalue weighted by molar-refractivity contribution is 7.99. The molecule has 2 bridgehead atoms. The maximum absolute atomic E-state index is 11.1. The molecular weight excluding hydrogens is 456 g/mol. The SMILES string of the molecule is Oc1c2c(c(O)n1CC1CCCCC1CN1CCN(C3=NSC4C=CCC=C34)CC1)C1CCC2C1. The Morgan fingerprint density at radius 1 is 0.886 bits per heavy atom. The molecule has 4 aliphatic carbocycles. The van der Waals surface area contributed by atoms with E-state index in [1.165, 1.54) is 49.9 Å². The van der Waals surface area contributed by atoms with Crippen molar-refractivity contribution in [2.75, 3.05) is 32.7 Å². The normalized spacial score (nSPS) is 34.2. The van der Waals surface area contributed by atoms with Crippen LogP contribution in [0.5, 0.6) is 11.8 Å². The first-order valence-electron chi connectivity index (χ1n) is 13.9. The van der Waals surface area contributed by atoms with E-state index in [-0.39, 0.29) is 0 Å². The van der Waals surface area contributed by atoms with Crippen molar-refractivity contribution in [1.29, 1.82) is 0 Å². The molecule has 7 rings (SSSR count). The van der Waals surface area contributed by atoms with Gasteiger partial charge in [-0.1, -0.05) is 31.1 Å². The molecule has 35 heavy (non-hydrogen) atoms. The van der Waals surface area contributed by atoms with E-state index in [0.717, 1.165) is 63.2 Å². The third-order valence-electron chi connectivity index (χ3n) is 9.78. The Hall–Kier alpha value is -1.86. The van der Waals surface area contributed by atoms with Crippen LogP contribution in [0.15, 0.2) is 28.2 Å². The van der Waals surface area contributed by atoms with Gasteiger partial charge in [-0.3, -0.25) is 9.47 Å². The lowest BCUT2D eigenvalue weighted by molar-refractivity contribution is 0.107. The van der Waals surface area contributed by atoms with E-state index in [9.17, 15) is 10.2 Å². The Morgan fingerprint density at radius 2 is 1.57 bits per heavy atom. The smallest absolute Gasteiger partial charge is 0.197 e. The van der Waals surface area contributed by atoms with Crippen molar-refractivity contribution in [1.82, 2.24) is 14.4 Å². The Balaban J connectivity index is 0.998. The van der Waals surface area contributed by atoms with E-state index in [0.29, 0.717) is 40.7 Å². The monoisotopic (exact) mass is 494 g/mol. The number of allylic oxidation sites excluding steroid dienone is 2. The average Bonchev–Trinajstić information content (AvgIpc) is 3.66. The molecule has 7 heteroatoms. The molecule has 3 heterocycles. The van der Waals surface area contributed by atoms with Gasteiger partial charge in [0.2, 0.25) is 0 Å². The molecule has 2 N–H and O–H groups in total. The van der Waals surface area contributed by atoms with Crippen molar-refractivity contribution >= 4 is 17.8 Å². The minimum Gasteiger partial charge on any atom is -0.494 e. The summed E-state index contributed by atoms with van der Waals surface area (Å²) < 4.78 is 6.71. The molecule has 6 aliphatic rings. The molecule has 2 aliphatic heterocycles. The lowest BCUT2D eigenvalue weighted by atomic mass is 9.78. The Bertz CT molecular complexity index is 1050. The van der Waals surface area contributed by atoms with Gasteiger partial charge in [0.1, 0.15) is 5.84 Å². The first kappa shape index (κ1) is 22.3. The van der Waals surface area contributed by atoms with Crippen LogP contribution in [-0.2, 0) is 6.54 Å². The summed E-state index contributed by atoms with van der Waals surface area (Å²) in [5.41, 5.74) is 3.59. The lowest BCUT2D eigenvalue weighted by Crippen LogP contribution is -2.50. The second kappa shape index (κ2) is 8.91. The van der Waals surface area contributed by atoms with Crippen LogP contribution in [0.4, 0.5) is 0 Å². The van der Waals surface area contributed by atoms with E-state index in [4.69, 9.17) is 4.40 Å². The molecule has 1 aromatic rings. The molecule has 5 atom stereocenters. The number of aromatic hydroxyl groups is 2. The van der Waals surface area contributed by atoms with Crippen LogP contribution < -0.4 is 0 Å². The zero-order valence-electron chi connectivity index (χ0n) is 20.6. The van der Waals surface area contributed by atoms with Crippen LogP contribution in [0.1, 0.15) is 74.3 Å². The van der Waals surface area contributed by atoms with Gasteiger partial charge in [-0.05, 0) is 74.1 Å². The zero-order chi connectivity index (χ0) is 23.5. The second-order valence-corrected chi connectivity index (χ2v) is 12.5. The number of aromatic nitrogens is 1. The van der Waals surface area contributed by atoms with Crippen LogP contribution in [0.25, 0.3) is 0 Å². The van der Waals surface area contributed by atoms with Gasteiger partial charge in [-0.2, -0.15) is 4.40 Å². The first-order valence-corrected chi connectivity index (χ1v) is 14.7. The highest BCUT2D eigenvalue weighted by atomic mass is 32.2. The molecule has 0 radical (unpaired) electrons. The fourth-order valence-electron chi connectivity index (χ4n) is 7.92. The summed E-state index contributed by atoms with van der Waals surface area (Å²) in [4.78, 5) is 5.16. The van der Waals surface area contributed by atoms with Gasteiger partial charge in [0.25, 0.3) is 0 Å². The second-order valence-electron chi connectivity index (χ2n) is 11.6. The quantitative estimate of drug-likeness (QED) is 0.455. The third-order valence-corrected chi connectivity index (χ3v) is 10.7. The Labute approximate surface area is 212 Å². The van der Waals surface area contributed by atoms with Crippen molar-refractivity contribution in [2.45, 2.75) is 75.0 Å². The summed E-state index contributed by atoms with van der Waals surface area (Å²) in [6.45, 7) is 6.21. The van der Waals surface area contributed by atoms with Gasteiger partial charge in [-0.15, -0.1) is 0 Å². The minimum atomic E-state index is 0.378. The van der Waals surface area contributed by atoms with Crippen molar-refractivity contribution in [3.05, 3.63) is 34.9 Å². The van der Waals surface area contributed by atoms with E-state index < -0.39 is 0 Å². The Morgan fingerprint density at radius 3 is 2.29 bits per heavy atom. The van der Waals surface area contributed by atoms with Crippen molar-refractivity contribution in [3.63, 3.8) is 0 Å². The van der Waals surface area contributed by atoms with Crippen LogP contribution in [0.3, 0.4) is 0 Å². The average molecular weight is 495 g/mol. The van der Waals surface area contributed by atoms with Crippen LogP contribution in [0, 0.1) is 11.8 Å². The molecule has 0 amide bonds. The van der Waals surface area contributed by atoms with Crippen molar-refractivity contribution in [2.24, 2.45) is 16.2 Å². The maximum Gasteiger partial charge on any atom is 0.197 e. The maximum atomic E-state index is 11.1. The van der Waals surface area contributed by atoms with Crippen molar-refractivity contribution < 1.29 is 10.2 Å². The minimum absolute atomic E-state index is 0.378. The number of amidine groups is 1. The standard InChI is InChI=1S/C28H38N4O2S/c33-27-24-18-9-10-19(15-18)25(24)28(34)32(27)17-21-6-2-1-5-20(21)16-30-11-13-31(14-12-30)26-22-7-3-4-8-23(22)35-29-26/h4,7-8,18-21,23,33-34H,1-3,5-6,9-17H2. The van der Waals surface area contributed by atoms with Gasteiger partial charge in [-0.25, -0.2) is 0 Å². The molecule has 2 saturated carbocycles. The van der Waals surface area contributed by atoms with E-state index in [2.05, 4.69) is 28.0 Å². The van der Waals surface area contributed by atoms with Crippen LogP contribution in [-0.4, -0.2) is 68.4 Å². The predicted molar refractivity (Wildman–Crippen MR) is 141 cm³/mol. The van der Waals surface area contributed by atoms with Crippen molar-refractivity contribution in [3.8, 4) is 11.8 Å². The highest BCUT2D eigenvalue weighted by Gasteiger charge is 2.44. The molecule has 3 fully saturated rings. The molecule has 6 nitrogen and oxygen atoms in total. The largest absolute Gasteiger partial charge is 0.494 e. The van der Waals surface area contributed by atoms with E-state index in [1.54, 1.807) is 11.9 Å². The van der Waals surface area contributed by atoms with Crippen LogP contribution >= 0.6 is 11.9 Å². The number of hydrogen-bond donors (Lipinski definition) is 2. The summed E-state index contributed by atoms with van der Waals surface area (Å²) in [5, 5.41) is 22.6. The Kier molecular flexibility index (Phi) is 5.69. The first-order chi connectivity index (χ1) is 17.2. The van der Waals surface area contributed by atoms with Gasteiger partial charge in [0.05, 0.1) is 5.25 Å². The summed E-state index contributed by atoms with van der Waals surface area (Å²) in [7, 11) is 0. The molecule has 5 unspecified atom stereocenters. The third kappa shape index (κ3) is 3.76. The molecule has 188 valence electrons. The molecule has 1 saturated heterocycles. The number of nitrogens with zero attached hydrogens (tertiary/aromatic N) is 4. The number of piperazine rings is 1. The number of hydrogen-bond acceptors (Lipinski definition) is 6. The van der Waals surface area contributed by atoms with E-state index >= 15 is 0 Å². The summed E-state index contributed by atoms with van der Waals surface area (Å²) in [5.74, 6) is 4.08. The zero-order valence-corrected chi connectivity index (χ0v) is 21.4. The molecule has 0 spiro atoms. The lowest BCUT2D eigenvalue weighted by Gasteiger charge is -2.40. The fourth-order valence-corrected chi connectivity index (χ4v) is 8.85. The summed E-state index contributed by atoms with van der Waals surface area (Å²) in [6, 6.07) is 0. The predicted octanol–water partition coefficient (Wildman–Crippen LogP) is 5.00. The summed E-state index contributed by atoms with van der Waals surface area (Å²) in [6.07, 6.45) is 16.5. The van der Waals surface area contributed by atoms with E-state index in [1.807, 2.05) is 4.57 Å². The van der Waals surface area contributed by atoms with Gasteiger partial charge in [0, 0.05) is 56.0 Å². The summed E-state index contributed by atoms with van der Waals surface area (Å²) >= 11 is 1.71. The molecular formula is C28H38N4O2S. The van der Waals surface area contributed by atoms with Gasteiger partial charge in [0.15, 0.2) is 11.8 Å². The molecule has 1 aromatic heterocycles. The molecule has 0 aromatic carbocycles. The number of fused-ring (bicyclic) bond motifs is 6. The van der Waals surface area contributed by atoms with Gasteiger partial charge >= 0.3 is 0 Å². The van der Waals surface area contributed by atoms with Crippen LogP contribution in [0.2, 0.25) is 0 Å². The highest BCUT2D eigenvalue weighted by Crippen LogP contribution is 2.60. The fraction of sp³-hybridized carbons (Fsp3) is 0.679. The van der Waals surface area contributed by atoms with Gasteiger partial charge < -0.3 is 15.1 Å². The number of rotatable bonds is 4. The topological polar surface area (TPSA) is 64.2 Å².